The van der Waals surface area contributed by atoms with E-state index in [1.807, 2.05) is 0 Å². The molecule has 0 atom stereocenters. The van der Waals surface area contributed by atoms with E-state index in [1.165, 1.54) is 15.6 Å². The minimum atomic E-state index is -1.13. The zero-order valence-corrected chi connectivity index (χ0v) is 20.5. The van der Waals surface area contributed by atoms with Crippen molar-refractivity contribution < 1.29 is 14.7 Å². The molecule has 0 bridgehead atoms. The van der Waals surface area contributed by atoms with Crippen LogP contribution in [0.15, 0.2) is 50.1 Å². The third-order valence-corrected chi connectivity index (χ3v) is 6.21. The number of halogens is 4. The van der Waals surface area contributed by atoms with Gasteiger partial charge in [0.1, 0.15) is 10.3 Å². The van der Waals surface area contributed by atoms with E-state index in [1.54, 1.807) is 30.5 Å². The lowest BCUT2D eigenvalue weighted by atomic mass is 10.1. The van der Waals surface area contributed by atoms with Crippen LogP contribution in [0.5, 0.6) is 0 Å². The summed E-state index contributed by atoms with van der Waals surface area (Å²) in [7, 11) is 0. The van der Waals surface area contributed by atoms with Crippen molar-refractivity contribution in [1.82, 2.24) is 14.8 Å². The summed E-state index contributed by atoms with van der Waals surface area (Å²) in [5.41, 5.74) is 0.521. The number of carbonyl (C=O) groups excluding carboxylic acids is 1. The minimum absolute atomic E-state index is 0.0116. The van der Waals surface area contributed by atoms with Crippen molar-refractivity contribution >= 4 is 77.0 Å². The molecule has 2 heterocycles. The number of anilines is 1. The molecule has 11 heteroatoms. The van der Waals surface area contributed by atoms with Crippen molar-refractivity contribution in [3.05, 3.63) is 66.4 Å². The van der Waals surface area contributed by atoms with Crippen molar-refractivity contribution in [3.63, 3.8) is 0 Å². The Hall–Kier alpha value is -1.75. The van der Waals surface area contributed by atoms with Gasteiger partial charge in [-0.05, 0) is 69.0 Å². The van der Waals surface area contributed by atoms with Gasteiger partial charge < -0.3 is 10.0 Å². The molecule has 0 saturated heterocycles. The van der Waals surface area contributed by atoms with Crippen LogP contribution in [0.25, 0.3) is 5.82 Å². The first-order chi connectivity index (χ1) is 14.3. The second kappa shape index (κ2) is 8.41. The number of nitrogens with zero attached hydrogens (tertiary/aromatic N) is 4. The number of rotatable bonds is 5. The van der Waals surface area contributed by atoms with Crippen LogP contribution in [-0.4, -0.2) is 37.8 Å². The zero-order valence-electron chi connectivity index (χ0n) is 15.0. The van der Waals surface area contributed by atoms with Crippen molar-refractivity contribution in [2.45, 2.75) is 18.9 Å². The first-order valence-corrected chi connectivity index (χ1v) is 11.5. The highest BCUT2D eigenvalue weighted by atomic mass is 79.9. The summed E-state index contributed by atoms with van der Waals surface area (Å²) in [6.07, 6.45) is 3.09. The second-order valence-corrected chi connectivity index (χ2v) is 9.56. The van der Waals surface area contributed by atoms with Gasteiger partial charge in [0.25, 0.3) is 5.91 Å². The quantitative estimate of drug-likeness (QED) is 0.395. The van der Waals surface area contributed by atoms with Crippen LogP contribution in [0.1, 0.15) is 33.7 Å². The zero-order chi connectivity index (χ0) is 21.6. The van der Waals surface area contributed by atoms with Gasteiger partial charge in [-0.15, -0.1) is 0 Å². The SMILES string of the molecule is O=C(O)c1cc(Br)cc(Br)c1N(C(=O)c1cc(Br)nn1-c1ncccc1Cl)C1CC1. The van der Waals surface area contributed by atoms with E-state index in [0.29, 0.717) is 30.1 Å². The van der Waals surface area contributed by atoms with E-state index < -0.39 is 11.9 Å². The molecule has 7 nitrogen and oxygen atoms in total. The lowest BCUT2D eigenvalue weighted by Crippen LogP contribution is -2.36. The largest absolute Gasteiger partial charge is 0.478 e. The van der Waals surface area contributed by atoms with Crippen LogP contribution in [-0.2, 0) is 0 Å². The molecular formula is C19H12Br3ClN4O3. The Morgan fingerprint density at radius 1 is 1.20 bits per heavy atom. The first kappa shape index (κ1) is 21.5. The van der Waals surface area contributed by atoms with E-state index in [9.17, 15) is 14.7 Å². The molecule has 154 valence electrons. The molecular weight excluding hydrogens is 607 g/mol. The molecule has 1 aliphatic rings. The molecule has 1 aromatic carbocycles. The number of hydrogen-bond donors (Lipinski definition) is 1. The van der Waals surface area contributed by atoms with Crippen LogP contribution < -0.4 is 4.90 Å². The highest BCUT2D eigenvalue weighted by molar-refractivity contribution is 9.11. The average molecular weight is 619 g/mol. The maximum atomic E-state index is 13.7. The molecule has 2 aromatic heterocycles. The summed E-state index contributed by atoms with van der Waals surface area (Å²) in [6.45, 7) is 0. The summed E-state index contributed by atoms with van der Waals surface area (Å²) in [5.74, 6) is -1.23. The summed E-state index contributed by atoms with van der Waals surface area (Å²) in [6, 6.07) is 7.98. The molecule has 1 saturated carbocycles. The molecule has 4 rings (SSSR count). The van der Waals surface area contributed by atoms with E-state index >= 15 is 0 Å². The van der Waals surface area contributed by atoms with Crippen molar-refractivity contribution in [2.75, 3.05) is 4.90 Å². The normalized spacial score (nSPS) is 13.3. The van der Waals surface area contributed by atoms with Crippen molar-refractivity contribution in [3.8, 4) is 5.82 Å². The fraction of sp³-hybridized carbons (Fsp3) is 0.158. The number of aromatic carboxylic acids is 1. The standard InChI is InChI=1S/C19H12Br3ClN4O3/c20-9-6-11(19(29)30)16(12(21)7-9)26(10-3-4-10)18(28)14-8-15(22)25-27(14)17-13(23)2-1-5-24-17/h1-2,5-8,10H,3-4H2,(H,29,30). The molecule has 1 amide bonds. The van der Waals surface area contributed by atoms with Crippen LogP contribution in [0.4, 0.5) is 5.69 Å². The Kier molecular flexibility index (Phi) is 6.02. The lowest BCUT2D eigenvalue weighted by molar-refractivity contribution is 0.0697. The molecule has 1 fully saturated rings. The van der Waals surface area contributed by atoms with E-state index in [2.05, 4.69) is 57.9 Å². The average Bonchev–Trinajstić information content (AvgIpc) is 3.44. The maximum Gasteiger partial charge on any atom is 0.337 e. The van der Waals surface area contributed by atoms with Gasteiger partial charge in [0.2, 0.25) is 0 Å². The number of carbonyl (C=O) groups is 2. The van der Waals surface area contributed by atoms with Crippen LogP contribution in [0.3, 0.4) is 0 Å². The molecule has 0 radical (unpaired) electrons. The van der Waals surface area contributed by atoms with Crippen molar-refractivity contribution in [1.29, 1.82) is 0 Å². The van der Waals surface area contributed by atoms with Crippen molar-refractivity contribution in [2.24, 2.45) is 0 Å². The molecule has 30 heavy (non-hydrogen) atoms. The Morgan fingerprint density at radius 2 is 1.93 bits per heavy atom. The van der Waals surface area contributed by atoms with Crippen LogP contribution >= 0.6 is 59.4 Å². The lowest BCUT2D eigenvalue weighted by Gasteiger charge is -2.26. The summed E-state index contributed by atoms with van der Waals surface area (Å²) < 4.78 is 2.87. The number of amides is 1. The second-order valence-electron chi connectivity index (χ2n) is 6.57. The summed E-state index contributed by atoms with van der Waals surface area (Å²) in [4.78, 5) is 31.4. The number of carboxylic acid groups (broad SMARTS) is 1. The molecule has 0 aliphatic heterocycles. The number of hydrogen-bond acceptors (Lipinski definition) is 4. The molecule has 0 spiro atoms. The van der Waals surface area contributed by atoms with Gasteiger partial charge in [0.05, 0.1) is 16.3 Å². The Labute approximate surface area is 201 Å². The van der Waals surface area contributed by atoms with Gasteiger partial charge in [0, 0.05) is 27.3 Å². The van der Waals surface area contributed by atoms with Gasteiger partial charge in [-0.25, -0.2) is 14.5 Å². The molecule has 1 aliphatic carbocycles. The number of aromatic nitrogens is 3. The first-order valence-electron chi connectivity index (χ1n) is 8.70. The smallest absolute Gasteiger partial charge is 0.337 e. The topological polar surface area (TPSA) is 88.3 Å². The van der Waals surface area contributed by atoms with E-state index in [4.69, 9.17) is 11.6 Å². The Bertz CT molecular complexity index is 1180. The Balaban J connectivity index is 1.88. The Morgan fingerprint density at radius 3 is 2.57 bits per heavy atom. The van der Waals surface area contributed by atoms with Gasteiger partial charge in [-0.1, -0.05) is 27.5 Å². The number of pyridine rings is 1. The van der Waals surface area contributed by atoms with Gasteiger partial charge in [-0.2, -0.15) is 5.10 Å². The van der Waals surface area contributed by atoms with Gasteiger partial charge >= 0.3 is 5.97 Å². The molecule has 3 aromatic rings. The van der Waals surface area contributed by atoms with Gasteiger partial charge in [-0.3, -0.25) is 4.79 Å². The monoisotopic (exact) mass is 616 g/mol. The van der Waals surface area contributed by atoms with E-state index in [0.717, 1.165) is 12.8 Å². The molecule has 1 N–H and O–H groups in total. The maximum absolute atomic E-state index is 13.7. The third kappa shape index (κ3) is 4.05. The van der Waals surface area contributed by atoms with Crippen LogP contribution in [0.2, 0.25) is 5.02 Å². The van der Waals surface area contributed by atoms with Crippen LogP contribution in [0, 0.1) is 0 Å². The number of carboxylic acids is 1. The highest BCUT2D eigenvalue weighted by Crippen LogP contribution is 2.41. The van der Waals surface area contributed by atoms with Gasteiger partial charge in [0.15, 0.2) is 5.82 Å². The summed E-state index contributed by atoms with van der Waals surface area (Å²) in [5, 5.41) is 14.4. The fourth-order valence-corrected chi connectivity index (χ4v) is 5.07. The fourth-order valence-electron chi connectivity index (χ4n) is 3.08. The predicted molar refractivity (Wildman–Crippen MR) is 123 cm³/mol. The minimum Gasteiger partial charge on any atom is -0.478 e. The number of benzene rings is 1. The molecule has 0 unspecified atom stereocenters. The highest BCUT2D eigenvalue weighted by Gasteiger charge is 2.39. The van der Waals surface area contributed by atoms with E-state index in [-0.39, 0.29) is 17.3 Å². The summed E-state index contributed by atoms with van der Waals surface area (Å²) >= 11 is 16.3. The third-order valence-electron chi connectivity index (χ3n) is 4.47. The predicted octanol–water partition coefficient (Wildman–Crippen LogP) is 5.72.